The molecule has 2 atom stereocenters. The minimum Gasteiger partial charge on any atom is -0.497 e. The van der Waals surface area contributed by atoms with Gasteiger partial charge in [0.1, 0.15) is 12.3 Å². The SMILES string of the molecule is CC[C@]1(C)C[C@](CC[NH2+]Cc2ccc(OC)c(OC)c2)(c2ccc(OC)cc2)CCO1. The number of quaternary nitrogens is 1. The highest BCUT2D eigenvalue weighted by Gasteiger charge is 2.43. The molecule has 0 aliphatic carbocycles. The third-order valence-electron chi connectivity index (χ3n) is 6.85. The molecule has 1 saturated heterocycles. The lowest BCUT2D eigenvalue weighted by Gasteiger charge is -2.46. The van der Waals surface area contributed by atoms with E-state index in [-0.39, 0.29) is 11.0 Å². The van der Waals surface area contributed by atoms with E-state index in [1.165, 1.54) is 11.1 Å². The number of rotatable bonds is 10. The zero-order chi connectivity index (χ0) is 22.3. The second kappa shape index (κ2) is 10.4. The normalized spacial score (nSPS) is 23.4. The summed E-state index contributed by atoms with van der Waals surface area (Å²) >= 11 is 0. The summed E-state index contributed by atoms with van der Waals surface area (Å²) in [5, 5.41) is 2.39. The molecule has 5 nitrogen and oxygen atoms in total. The molecular weight excluding hydrogens is 390 g/mol. The fourth-order valence-corrected chi connectivity index (χ4v) is 4.78. The average molecular weight is 429 g/mol. The number of methoxy groups -OCH3 is 3. The smallest absolute Gasteiger partial charge is 0.161 e. The molecule has 0 spiro atoms. The molecule has 1 fully saturated rings. The Labute approximate surface area is 187 Å². The molecular formula is C26H38NO4+. The van der Waals surface area contributed by atoms with Gasteiger partial charge in [0.2, 0.25) is 0 Å². The van der Waals surface area contributed by atoms with Crippen LogP contribution in [-0.4, -0.2) is 40.1 Å². The highest BCUT2D eigenvalue weighted by atomic mass is 16.5. The van der Waals surface area contributed by atoms with Crippen LogP contribution in [0.2, 0.25) is 0 Å². The van der Waals surface area contributed by atoms with Crippen molar-refractivity contribution in [3.8, 4) is 17.2 Å². The van der Waals surface area contributed by atoms with Gasteiger partial charge in [0.15, 0.2) is 11.5 Å². The van der Waals surface area contributed by atoms with Crippen LogP contribution in [0.15, 0.2) is 42.5 Å². The van der Waals surface area contributed by atoms with Gasteiger partial charge in [-0.3, -0.25) is 0 Å². The molecule has 1 aliphatic heterocycles. The molecule has 0 radical (unpaired) electrons. The maximum atomic E-state index is 6.20. The number of hydrogen-bond donors (Lipinski definition) is 1. The van der Waals surface area contributed by atoms with Crippen molar-refractivity contribution in [1.29, 1.82) is 0 Å². The van der Waals surface area contributed by atoms with Crippen molar-refractivity contribution in [2.24, 2.45) is 0 Å². The molecule has 1 heterocycles. The van der Waals surface area contributed by atoms with Gasteiger partial charge in [-0.25, -0.2) is 0 Å². The lowest BCUT2D eigenvalue weighted by molar-refractivity contribution is -0.672. The largest absolute Gasteiger partial charge is 0.497 e. The summed E-state index contributed by atoms with van der Waals surface area (Å²) in [6.45, 7) is 7.28. The summed E-state index contributed by atoms with van der Waals surface area (Å²) in [7, 11) is 5.07. The van der Waals surface area contributed by atoms with Gasteiger partial charge >= 0.3 is 0 Å². The number of hydrogen-bond acceptors (Lipinski definition) is 4. The van der Waals surface area contributed by atoms with Crippen LogP contribution in [-0.2, 0) is 16.7 Å². The van der Waals surface area contributed by atoms with Crippen molar-refractivity contribution < 1.29 is 24.3 Å². The number of benzene rings is 2. The van der Waals surface area contributed by atoms with Crippen LogP contribution >= 0.6 is 0 Å². The minimum atomic E-state index is -0.0679. The van der Waals surface area contributed by atoms with Gasteiger partial charge in [0, 0.05) is 24.0 Å². The standard InChI is InChI=1S/C26H37NO4/c1-6-25(2)19-26(14-16-31-25,21-8-10-22(28-3)11-9-21)13-15-27-18-20-7-12-23(29-4)24(17-20)30-5/h7-12,17,27H,6,13-16,18-19H2,1-5H3/p+1/t25-,26-/m1/s1. The summed E-state index contributed by atoms with van der Waals surface area (Å²) in [5.41, 5.74) is 2.70. The number of ether oxygens (including phenoxy) is 4. The van der Waals surface area contributed by atoms with Crippen molar-refractivity contribution in [2.45, 2.75) is 57.1 Å². The molecule has 0 unspecified atom stereocenters. The Bertz CT molecular complexity index is 838. The Hall–Kier alpha value is -2.24. The maximum Gasteiger partial charge on any atom is 0.161 e. The van der Waals surface area contributed by atoms with Crippen LogP contribution in [0.4, 0.5) is 0 Å². The van der Waals surface area contributed by atoms with Crippen molar-refractivity contribution in [2.75, 3.05) is 34.5 Å². The van der Waals surface area contributed by atoms with E-state index in [0.717, 1.165) is 62.6 Å². The molecule has 1 aliphatic rings. The van der Waals surface area contributed by atoms with Crippen LogP contribution in [0.3, 0.4) is 0 Å². The average Bonchev–Trinajstić information content (AvgIpc) is 2.81. The fourth-order valence-electron chi connectivity index (χ4n) is 4.78. The van der Waals surface area contributed by atoms with E-state index in [0.29, 0.717) is 0 Å². The zero-order valence-corrected chi connectivity index (χ0v) is 19.7. The third kappa shape index (κ3) is 5.52. The van der Waals surface area contributed by atoms with Gasteiger partial charge < -0.3 is 24.3 Å². The number of nitrogens with two attached hydrogens (primary N) is 1. The van der Waals surface area contributed by atoms with Gasteiger partial charge in [0.05, 0.1) is 33.5 Å². The Morgan fingerprint density at radius 3 is 2.35 bits per heavy atom. The Morgan fingerprint density at radius 1 is 0.968 bits per heavy atom. The molecule has 0 amide bonds. The quantitative estimate of drug-likeness (QED) is 0.580. The second-order valence-corrected chi connectivity index (χ2v) is 8.81. The molecule has 2 aromatic rings. The maximum absolute atomic E-state index is 6.20. The summed E-state index contributed by atoms with van der Waals surface area (Å²) in [4.78, 5) is 0. The first-order chi connectivity index (χ1) is 15.0. The van der Waals surface area contributed by atoms with E-state index in [1.54, 1.807) is 21.3 Å². The second-order valence-electron chi connectivity index (χ2n) is 8.81. The first-order valence-electron chi connectivity index (χ1n) is 11.3. The molecule has 2 N–H and O–H groups in total. The topological polar surface area (TPSA) is 53.5 Å². The fraction of sp³-hybridized carbons (Fsp3) is 0.538. The van der Waals surface area contributed by atoms with Gasteiger partial charge in [-0.05, 0) is 62.1 Å². The van der Waals surface area contributed by atoms with E-state index in [2.05, 4.69) is 55.6 Å². The van der Waals surface area contributed by atoms with Crippen molar-refractivity contribution >= 4 is 0 Å². The van der Waals surface area contributed by atoms with Gasteiger partial charge in [0.25, 0.3) is 0 Å². The summed E-state index contributed by atoms with van der Waals surface area (Å²) in [5.74, 6) is 2.46. The Morgan fingerprint density at radius 2 is 1.71 bits per heavy atom. The van der Waals surface area contributed by atoms with Gasteiger partial charge in [-0.2, -0.15) is 0 Å². The molecule has 0 bridgehead atoms. The highest BCUT2D eigenvalue weighted by Crippen LogP contribution is 2.45. The molecule has 0 aromatic heterocycles. The van der Waals surface area contributed by atoms with Crippen LogP contribution in [0.25, 0.3) is 0 Å². The molecule has 5 heteroatoms. The third-order valence-corrected chi connectivity index (χ3v) is 6.85. The van der Waals surface area contributed by atoms with Crippen LogP contribution in [0, 0.1) is 0 Å². The first kappa shape index (κ1) is 23.4. The minimum absolute atomic E-state index is 0.0679. The highest BCUT2D eigenvalue weighted by molar-refractivity contribution is 5.42. The van der Waals surface area contributed by atoms with Crippen molar-refractivity contribution in [3.05, 3.63) is 53.6 Å². The van der Waals surface area contributed by atoms with Crippen LogP contribution in [0.5, 0.6) is 17.2 Å². The van der Waals surface area contributed by atoms with Gasteiger partial charge in [-0.15, -0.1) is 0 Å². The lowest BCUT2D eigenvalue weighted by atomic mass is 9.66. The monoisotopic (exact) mass is 428 g/mol. The molecule has 170 valence electrons. The van der Waals surface area contributed by atoms with Crippen LogP contribution < -0.4 is 19.5 Å². The Kier molecular flexibility index (Phi) is 7.84. The van der Waals surface area contributed by atoms with E-state index in [1.807, 2.05) is 6.07 Å². The molecule has 2 aromatic carbocycles. The van der Waals surface area contributed by atoms with Crippen molar-refractivity contribution in [1.82, 2.24) is 0 Å². The van der Waals surface area contributed by atoms with E-state index < -0.39 is 0 Å². The summed E-state index contributed by atoms with van der Waals surface area (Å²) < 4.78 is 22.4. The zero-order valence-electron chi connectivity index (χ0n) is 19.7. The van der Waals surface area contributed by atoms with E-state index in [9.17, 15) is 0 Å². The van der Waals surface area contributed by atoms with E-state index >= 15 is 0 Å². The Balaban J connectivity index is 1.70. The predicted octanol–water partition coefficient (Wildman–Crippen LogP) is 4.08. The summed E-state index contributed by atoms with van der Waals surface area (Å²) in [6.07, 6.45) is 4.25. The molecule has 0 saturated carbocycles. The van der Waals surface area contributed by atoms with Crippen LogP contribution in [0.1, 0.15) is 50.7 Å². The lowest BCUT2D eigenvalue weighted by Crippen LogP contribution is -2.83. The predicted molar refractivity (Wildman–Crippen MR) is 123 cm³/mol. The molecule has 3 rings (SSSR count). The van der Waals surface area contributed by atoms with E-state index in [4.69, 9.17) is 18.9 Å². The van der Waals surface area contributed by atoms with Crippen molar-refractivity contribution in [3.63, 3.8) is 0 Å². The van der Waals surface area contributed by atoms with Gasteiger partial charge in [-0.1, -0.05) is 19.1 Å². The summed E-state index contributed by atoms with van der Waals surface area (Å²) in [6, 6.07) is 14.8. The first-order valence-corrected chi connectivity index (χ1v) is 11.3. The molecule has 31 heavy (non-hydrogen) atoms.